The fraction of sp³-hybridized carbons (Fsp3) is 0.591. The van der Waals surface area contributed by atoms with Crippen molar-refractivity contribution in [2.24, 2.45) is 5.92 Å². The summed E-state index contributed by atoms with van der Waals surface area (Å²) in [6.45, 7) is 8.12. The third-order valence-corrected chi connectivity index (χ3v) is 6.46. The van der Waals surface area contributed by atoms with Crippen LogP contribution in [-0.4, -0.2) is 67.0 Å². The summed E-state index contributed by atoms with van der Waals surface area (Å²) in [6.07, 6.45) is 3.05. The highest BCUT2D eigenvalue weighted by Crippen LogP contribution is 2.31. The summed E-state index contributed by atoms with van der Waals surface area (Å²) in [5.74, 6) is 1.60. The molecule has 28 heavy (non-hydrogen) atoms. The molecule has 2 atom stereocenters. The SMILES string of the molecule is Cc1cc(N2CC[C@H](N3CCOCC3)[C@H](CCCO)C2)nc2ccc(Cl)cc12. The maximum Gasteiger partial charge on any atom is 0.129 e. The van der Waals surface area contributed by atoms with Crippen LogP contribution in [0.1, 0.15) is 24.8 Å². The molecule has 0 bridgehead atoms. The van der Waals surface area contributed by atoms with Crippen LogP contribution in [0, 0.1) is 12.8 Å². The van der Waals surface area contributed by atoms with Gasteiger partial charge in [0.15, 0.2) is 0 Å². The Morgan fingerprint density at radius 2 is 2.04 bits per heavy atom. The number of ether oxygens (including phenoxy) is 1. The molecule has 2 aromatic rings. The molecule has 5 nitrogen and oxygen atoms in total. The number of pyridine rings is 1. The van der Waals surface area contributed by atoms with E-state index in [9.17, 15) is 5.11 Å². The minimum Gasteiger partial charge on any atom is -0.396 e. The van der Waals surface area contributed by atoms with Crippen LogP contribution >= 0.6 is 11.6 Å². The first kappa shape index (κ1) is 19.9. The largest absolute Gasteiger partial charge is 0.396 e. The number of hydrogen-bond acceptors (Lipinski definition) is 5. The number of aliphatic hydroxyl groups excluding tert-OH is 1. The van der Waals surface area contributed by atoms with Gasteiger partial charge in [-0.15, -0.1) is 0 Å². The summed E-state index contributed by atoms with van der Waals surface area (Å²) in [6, 6.07) is 8.69. The zero-order valence-electron chi connectivity index (χ0n) is 16.6. The molecule has 0 radical (unpaired) electrons. The lowest BCUT2D eigenvalue weighted by Crippen LogP contribution is -2.54. The highest BCUT2D eigenvalue weighted by atomic mass is 35.5. The van der Waals surface area contributed by atoms with Crippen molar-refractivity contribution in [3.8, 4) is 0 Å². The Bertz CT molecular complexity index is 810. The van der Waals surface area contributed by atoms with E-state index in [0.29, 0.717) is 12.0 Å². The number of aryl methyl sites for hydroxylation is 1. The van der Waals surface area contributed by atoms with E-state index in [1.54, 1.807) is 0 Å². The van der Waals surface area contributed by atoms with E-state index in [4.69, 9.17) is 21.3 Å². The first-order chi connectivity index (χ1) is 13.7. The number of anilines is 1. The summed E-state index contributed by atoms with van der Waals surface area (Å²) in [4.78, 5) is 9.97. The Morgan fingerprint density at radius 3 is 2.82 bits per heavy atom. The minimum atomic E-state index is 0.264. The maximum absolute atomic E-state index is 9.38. The highest BCUT2D eigenvalue weighted by Gasteiger charge is 2.34. The van der Waals surface area contributed by atoms with Crippen LogP contribution in [0.5, 0.6) is 0 Å². The number of rotatable bonds is 5. The summed E-state index contributed by atoms with van der Waals surface area (Å²) < 4.78 is 5.55. The summed E-state index contributed by atoms with van der Waals surface area (Å²) in [5.41, 5.74) is 2.21. The first-order valence-corrected chi connectivity index (χ1v) is 10.8. The van der Waals surface area contributed by atoms with Crippen molar-refractivity contribution >= 4 is 28.3 Å². The van der Waals surface area contributed by atoms with Gasteiger partial charge in [0.2, 0.25) is 0 Å². The van der Waals surface area contributed by atoms with Gasteiger partial charge >= 0.3 is 0 Å². The van der Waals surface area contributed by atoms with Crippen molar-refractivity contribution in [2.45, 2.75) is 32.2 Å². The molecular weight excluding hydrogens is 374 g/mol. The molecule has 0 spiro atoms. The molecule has 2 fully saturated rings. The monoisotopic (exact) mass is 403 g/mol. The molecule has 0 saturated carbocycles. The lowest BCUT2D eigenvalue weighted by Gasteiger charge is -2.45. The molecule has 2 aliphatic rings. The molecule has 152 valence electrons. The molecule has 0 aliphatic carbocycles. The van der Waals surface area contributed by atoms with Gasteiger partial charge in [-0.1, -0.05) is 11.6 Å². The van der Waals surface area contributed by atoms with Crippen molar-refractivity contribution in [1.82, 2.24) is 9.88 Å². The van der Waals surface area contributed by atoms with E-state index in [0.717, 1.165) is 80.4 Å². The highest BCUT2D eigenvalue weighted by molar-refractivity contribution is 6.31. The van der Waals surface area contributed by atoms with Gasteiger partial charge in [0.25, 0.3) is 0 Å². The van der Waals surface area contributed by atoms with Crippen molar-refractivity contribution in [3.63, 3.8) is 0 Å². The van der Waals surface area contributed by atoms with E-state index >= 15 is 0 Å². The smallest absolute Gasteiger partial charge is 0.129 e. The predicted molar refractivity (Wildman–Crippen MR) is 114 cm³/mol. The van der Waals surface area contributed by atoms with Crippen molar-refractivity contribution < 1.29 is 9.84 Å². The molecule has 1 aromatic heterocycles. The average Bonchev–Trinajstić information content (AvgIpc) is 2.73. The summed E-state index contributed by atoms with van der Waals surface area (Å²) in [7, 11) is 0. The van der Waals surface area contributed by atoms with Gasteiger partial charge in [-0.3, -0.25) is 4.90 Å². The Morgan fingerprint density at radius 1 is 1.21 bits per heavy atom. The molecule has 1 N–H and O–H groups in total. The number of benzene rings is 1. The van der Waals surface area contributed by atoms with Gasteiger partial charge in [-0.05, 0) is 61.9 Å². The van der Waals surface area contributed by atoms with Crippen LogP contribution in [0.2, 0.25) is 5.02 Å². The second kappa shape index (κ2) is 8.95. The second-order valence-corrected chi connectivity index (χ2v) is 8.47. The number of piperidine rings is 1. The third-order valence-electron chi connectivity index (χ3n) is 6.23. The molecular formula is C22H30ClN3O2. The van der Waals surface area contributed by atoms with Crippen LogP contribution in [0.15, 0.2) is 24.3 Å². The fourth-order valence-corrected chi connectivity index (χ4v) is 4.94. The van der Waals surface area contributed by atoms with E-state index in [1.165, 1.54) is 5.56 Å². The quantitative estimate of drug-likeness (QED) is 0.828. The molecule has 0 amide bonds. The number of halogens is 1. The normalized spacial score (nSPS) is 24.0. The number of morpholine rings is 1. The topological polar surface area (TPSA) is 48.8 Å². The number of fused-ring (bicyclic) bond motifs is 1. The molecule has 4 rings (SSSR count). The maximum atomic E-state index is 9.38. The molecule has 0 unspecified atom stereocenters. The number of aliphatic hydroxyl groups is 1. The Balaban J connectivity index is 1.55. The third kappa shape index (κ3) is 4.28. The molecule has 6 heteroatoms. The van der Waals surface area contributed by atoms with Crippen LogP contribution in [0.4, 0.5) is 5.82 Å². The second-order valence-electron chi connectivity index (χ2n) is 8.04. The van der Waals surface area contributed by atoms with Crippen molar-refractivity contribution in [3.05, 3.63) is 34.9 Å². The van der Waals surface area contributed by atoms with Crippen LogP contribution in [0.25, 0.3) is 10.9 Å². The average molecular weight is 404 g/mol. The molecule has 2 aliphatic heterocycles. The van der Waals surface area contributed by atoms with Crippen molar-refractivity contribution in [1.29, 1.82) is 0 Å². The molecule has 2 saturated heterocycles. The lowest BCUT2D eigenvalue weighted by molar-refractivity contribution is -0.00415. The zero-order chi connectivity index (χ0) is 19.5. The fourth-order valence-electron chi connectivity index (χ4n) is 4.77. The van der Waals surface area contributed by atoms with E-state index in [2.05, 4.69) is 22.8 Å². The van der Waals surface area contributed by atoms with Crippen LogP contribution in [0.3, 0.4) is 0 Å². The molecule has 1 aromatic carbocycles. The summed E-state index contributed by atoms with van der Waals surface area (Å²) >= 11 is 6.16. The standard InChI is InChI=1S/C22H30ClN3O2/c1-16-13-22(24-20-5-4-18(23)14-19(16)20)26-7-6-21(17(15-26)3-2-10-27)25-8-11-28-12-9-25/h4-5,13-14,17,21,27H,2-3,6-12,15H2,1H3/t17-,21+/m1/s1. The minimum absolute atomic E-state index is 0.264. The number of hydrogen-bond donors (Lipinski definition) is 1. The summed E-state index contributed by atoms with van der Waals surface area (Å²) in [5, 5.41) is 11.3. The van der Waals surface area contributed by atoms with Gasteiger partial charge in [0.1, 0.15) is 5.82 Å². The Kier molecular flexibility index (Phi) is 6.36. The van der Waals surface area contributed by atoms with Crippen LogP contribution < -0.4 is 4.90 Å². The zero-order valence-corrected chi connectivity index (χ0v) is 17.4. The Hall–Kier alpha value is -1.40. The first-order valence-electron chi connectivity index (χ1n) is 10.4. The van der Waals surface area contributed by atoms with Gasteiger partial charge in [0, 0.05) is 49.2 Å². The van der Waals surface area contributed by atoms with E-state index in [-0.39, 0.29) is 6.61 Å². The van der Waals surface area contributed by atoms with Gasteiger partial charge in [0.05, 0.1) is 18.7 Å². The van der Waals surface area contributed by atoms with E-state index in [1.807, 2.05) is 18.2 Å². The number of nitrogens with zero attached hydrogens (tertiary/aromatic N) is 3. The predicted octanol–water partition coefficient (Wildman–Crippen LogP) is 3.50. The van der Waals surface area contributed by atoms with Crippen LogP contribution in [-0.2, 0) is 4.74 Å². The van der Waals surface area contributed by atoms with Gasteiger partial charge in [-0.2, -0.15) is 0 Å². The Labute approximate surface area is 172 Å². The lowest BCUT2D eigenvalue weighted by atomic mass is 9.86. The van der Waals surface area contributed by atoms with Gasteiger partial charge < -0.3 is 14.7 Å². The van der Waals surface area contributed by atoms with E-state index < -0.39 is 0 Å². The number of aromatic nitrogens is 1. The molecule has 3 heterocycles. The van der Waals surface area contributed by atoms with Gasteiger partial charge in [-0.25, -0.2) is 4.98 Å². The van der Waals surface area contributed by atoms with Crippen molar-refractivity contribution in [2.75, 3.05) is 50.9 Å².